The smallest absolute Gasteiger partial charge is 0.120 e. The highest BCUT2D eigenvalue weighted by molar-refractivity contribution is 5.85. The first-order chi connectivity index (χ1) is 6.38. The summed E-state index contributed by atoms with van der Waals surface area (Å²) in [6, 6.07) is 4.41. The van der Waals surface area contributed by atoms with Crippen LogP contribution in [0, 0.1) is 0 Å². The molecule has 1 aromatic heterocycles. The normalized spacial score (nSPS) is 20.1. The number of rotatable bonds is 2. The molecule has 1 N–H and O–H groups in total. The van der Waals surface area contributed by atoms with Crippen molar-refractivity contribution in [2.45, 2.75) is 13.0 Å². The van der Waals surface area contributed by atoms with E-state index in [1.54, 1.807) is 6.26 Å². The number of nitrogens with zero attached hydrogens (tertiary/aromatic N) is 1. The van der Waals surface area contributed by atoms with E-state index < -0.39 is 0 Å². The number of nitrogens with one attached hydrogen (secondary N) is 1. The Bertz CT molecular complexity index is 245. The lowest BCUT2D eigenvalue weighted by atomic mass is 10.2. The van der Waals surface area contributed by atoms with Crippen molar-refractivity contribution < 1.29 is 4.42 Å². The van der Waals surface area contributed by atoms with Crippen molar-refractivity contribution in [1.29, 1.82) is 0 Å². The molecule has 4 heteroatoms. The van der Waals surface area contributed by atoms with Gasteiger partial charge in [-0.3, -0.25) is 4.90 Å². The number of piperazine rings is 1. The van der Waals surface area contributed by atoms with Crippen LogP contribution in [0.25, 0.3) is 0 Å². The zero-order chi connectivity index (χ0) is 9.10. The van der Waals surface area contributed by atoms with Crippen molar-refractivity contribution in [3.63, 3.8) is 0 Å². The average molecular weight is 217 g/mol. The Labute approximate surface area is 90.9 Å². The molecule has 3 nitrogen and oxygen atoms in total. The zero-order valence-corrected chi connectivity index (χ0v) is 9.22. The standard InChI is InChI=1S/C10H16N2O.ClH/c1-9(10-3-2-8-13-10)12-6-4-11-5-7-12;/h2-3,8-9,11H,4-7H2,1H3;1H. The van der Waals surface area contributed by atoms with Crippen LogP contribution in [0.15, 0.2) is 22.8 Å². The average Bonchev–Trinajstić information content (AvgIpc) is 2.71. The second-order valence-electron chi connectivity index (χ2n) is 3.48. The molecule has 2 heterocycles. The molecule has 14 heavy (non-hydrogen) atoms. The van der Waals surface area contributed by atoms with E-state index in [2.05, 4.69) is 17.1 Å². The van der Waals surface area contributed by atoms with Gasteiger partial charge in [-0.2, -0.15) is 0 Å². The molecule has 0 aliphatic carbocycles. The molecule has 1 unspecified atom stereocenters. The first kappa shape index (κ1) is 11.6. The number of furan rings is 1. The Morgan fingerprint density at radius 3 is 2.71 bits per heavy atom. The third-order valence-corrected chi connectivity index (χ3v) is 2.65. The molecule has 2 rings (SSSR count). The first-order valence-electron chi connectivity index (χ1n) is 4.86. The first-order valence-corrected chi connectivity index (χ1v) is 4.86. The van der Waals surface area contributed by atoms with Gasteiger partial charge in [-0.15, -0.1) is 12.4 Å². The van der Waals surface area contributed by atoms with Crippen molar-refractivity contribution in [3.05, 3.63) is 24.2 Å². The topological polar surface area (TPSA) is 28.4 Å². The van der Waals surface area contributed by atoms with Crippen molar-refractivity contribution in [1.82, 2.24) is 10.2 Å². The van der Waals surface area contributed by atoms with Crippen LogP contribution >= 0.6 is 12.4 Å². The van der Waals surface area contributed by atoms with Gasteiger partial charge in [0.15, 0.2) is 0 Å². The number of hydrogen-bond donors (Lipinski definition) is 1. The highest BCUT2D eigenvalue weighted by atomic mass is 35.5. The van der Waals surface area contributed by atoms with Crippen LogP contribution in [0.4, 0.5) is 0 Å². The van der Waals surface area contributed by atoms with Crippen LogP contribution in [-0.2, 0) is 0 Å². The number of hydrogen-bond acceptors (Lipinski definition) is 3. The van der Waals surface area contributed by atoms with Crippen LogP contribution in [0.1, 0.15) is 18.7 Å². The van der Waals surface area contributed by atoms with Gasteiger partial charge in [-0.25, -0.2) is 0 Å². The quantitative estimate of drug-likeness (QED) is 0.816. The summed E-state index contributed by atoms with van der Waals surface area (Å²) >= 11 is 0. The molecule has 0 radical (unpaired) electrons. The van der Waals surface area contributed by atoms with E-state index >= 15 is 0 Å². The molecule has 1 aromatic rings. The maximum absolute atomic E-state index is 5.39. The minimum Gasteiger partial charge on any atom is -0.468 e. The molecular formula is C10H17ClN2O. The van der Waals surface area contributed by atoms with Gasteiger partial charge < -0.3 is 9.73 Å². The van der Waals surface area contributed by atoms with Gasteiger partial charge in [-0.05, 0) is 19.1 Å². The lowest BCUT2D eigenvalue weighted by molar-refractivity contribution is 0.167. The van der Waals surface area contributed by atoms with E-state index in [1.165, 1.54) is 0 Å². The Kier molecular flexibility index (Phi) is 4.45. The fourth-order valence-corrected chi connectivity index (χ4v) is 1.78. The van der Waals surface area contributed by atoms with Crippen molar-refractivity contribution in [3.8, 4) is 0 Å². The summed E-state index contributed by atoms with van der Waals surface area (Å²) in [5, 5.41) is 3.34. The summed E-state index contributed by atoms with van der Waals surface area (Å²) in [5.41, 5.74) is 0. The predicted molar refractivity (Wildman–Crippen MR) is 58.8 cm³/mol. The lowest BCUT2D eigenvalue weighted by Crippen LogP contribution is -2.44. The van der Waals surface area contributed by atoms with E-state index in [0.717, 1.165) is 31.9 Å². The second kappa shape index (κ2) is 5.39. The second-order valence-corrected chi connectivity index (χ2v) is 3.48. The van der Waals surface area contributed by atoms with Crippen LogP contribution in [0.3, 0.4) is 0 Å². The molecule has 1 fully saturated rings. The highest BCUT2D eigenvalue weighted by Crippen LogP contribution is 2.20. The predicted octanol–water partition coefficient (Wildman–Crippen LogP) is 1.67. The summed E-state index contributed by atoms with van der Waals surface area (Å²) in [5.74, 6) is 1.07. The molecule has 1 aliphatic rings. The Morgan fingerprint density at radius 1 is 1.43 bits per heavy atom. The molecule has 1 saturated heterocycles. The molecule has 1 atom stereocenters. The SMILES string of the molecule is CC(c1ccco1)N1CCNCC1.Cl. The van der Waals surface area contributed by atoms with E-state index in [9.17, 15) is 0 Å². The van der Waals surface area contributed by atoms with Gasteiger partial charge in [0.05, 0.1) is 12.3 Å². The van der Waals surface area contributed by atoms with E-state index in [0.29, 0.717) is 6.04 Å². The highest BCUT2D eigenvalue weighted by Gasteiger charge is 2.19. The molecule has 0 amide bonds. The number of halogens is 1. The van der Waals surface area contributed by atoms with Crippen molar-refractivity contribution >= 4 is 12.4 Å². The van der Waals surface area contributed by atoms with Gasteiger partial charge in [0.2, 0.25) is 0 Å². The maximum atomic E-state index is 5.39. The zero-order valence-electron chi connectivity index (χ0n) is 8.40. The summed E-state index contributed by atoms with van der Waals surface area (Å²) < 4.78 is 5.39. The fraction of sp³-hybridized carbons (Fsp3) is 0.600. The minimum absolute atomic E-state index is 0. The van der Waals surface area contributed by atoms with Crippen LogP contribution in [0.2, 0.25) is 0 Å². The molecular weight excluding hydrogens is 200 g/mol. The summed E-state index contributed by atoms with van der Waals surface area (Å²) in [4.78, 5) is 2.44. The Morgan fingerprint density at radius 2 is 2.14 bits per heavy atom. The van der Waals surface area contributed by atoms with Crippen LogP contribution in [0.5, 0.6) is 0 Å². The summed E-state index contributed by atoms with van der Waals surface area (Å²) in [6.45, 7) is 6.60. The Hall–Kier alpha value is -0.510. The molecule has 0 spiro atoms. The van der Waals surface area contributed by atoms with Crippen molar-refractivity contribution in [2.75, 3.05) is 26.2 Å². The minimum atomic E-state index is 0. The molecule has 1 aliphatic heterocycles. The van der Waals surface area contributed by atoms with E-state index in [-0.39, 0.29) is 12.4 Å². The largest absolute Gasteiger partial charge is 0.468 e. The maximum Gasteiger partial charge on any atom is 0.120 e. The van der Waals surface area contributed by atoms with Gasteiger partial charge in [0.25, 0.3) is 0 Å². The van der Waals surface area contributed by atoms with Gasteiger partial charge in [-0.1, -0.05) is 0 Å². The summed E-state index contributed by atoms with van der Waals surface area (Å²) in [7, 11) is 0. The van der Waals surface area contributed by atoms with E-state index in [4.69, 9.17) is 4.42 Å². The molecule has 0 aromatic carbocycles. The van der Waals surface area contributed by atoms with Gasteiger partial charge in [0, 0.05) is 26.2 Å². The van der Waals surface area contributed by atoms with Gasteiger partial charge in [0.1, 0.15) is 5.76 Å². The fourth-order valence-electron chi connectivity index (χ4n) is 1.78. The summed E-state index contributed by atoms with van der Waals surface area (Å²) in [6.07, 6.45) is 1.74. The molecule has 0 saturated carbocycles. The van der Waals surface area contributed by atoms with Crippen molar-refractivity contribution in [2.24, 2.45) is 0 Å². The third kappa shape index (κ3) is 2.50. The molecule has 0 bridgehead atoms. The lowest BCUT2D eigenvalue weighted by Gasteiger charge is -2.31. The third-order valence-electron chi connectivity index (χ3n) is 2.65. The molecule has 80 valence electrons. The Balaban J connectivity index is 0.000000980. The van der Waals surface area contributed by atoms with Crippen LogP contribution in [-0.4, -0.2) is 31.1 Å². The monoisotopic (exact) mass is 216 g/mol. The van der Waals surface area contributed by atoms with E-state index in [1.807, 2.05) is 12.1 Å². The van der Waals surface area contributed by atoms with Gasteiger partial charge >= 0.3 is 0 Å². The van der Waals surface area contributed by atoms with Crippen LogP contribution < -0.4 is 5.32 Å².